The van der Waals surface area contributed by atoms with Gasteiger partial charge < -0.3 is 25.0 Å². The van der Waals surface area contributed by atoms with Crippen molar-refractivity contribution < 1.29 is 14.3 Å². The average Bonchev–Trinajstić information content (AvgIpc) is 2.69. The van der Waals surface area contributed by atoms with Crippen LogP contribution in [0.4, 0.5) is 0 Å². The van der Waals surface area contributed by atoms with Gasteiger partial charge in [-0.05, 0) is 36.5 Å². The number of aliphatic imine (C=N–C) groups is 1. The smallest absolute Gasteiger partial charge is 0.220 e. The van der Waals surface area contributed by atoms with Crippen LogP contribution in [0.25, 0.3) is 0 Å². The van der Waals surface area contributed by atoms with E-state index in [0.717, 1.165) is 49.0 Å². The predicted molar refractivity (Wildman–Crippen MR) is 118 cm³/mol. The first-order valence-corrected chi connectivity index (χ1v) is 8.98. The molecule has 27 heavy (non-hydrogen) atoms. The number of benzene rings is 1. The third-order valence-corrected chi connectivity index (χ3v) is 4.78. The van der Waals surface area contributed by atoms with Crippen molar-refractivity contribution in [1.29, 1.82) is 0 Å². The molecule has 1 fully saturated rings. The lowest BCUT2D eigenvalue weighted by atomic mass is 9.93. The molecule has 152 valence electrons. The lowest BCUT2D eigenvalue weighted by molar-refractivity contribution is -0.121. The summed E-state index contributed by atoms with van der Waals surface area (Å²) in [5.41, 5.74) is 1.10. The summed E-state index contributed by atoms with van der Waals surface area (Å²) in [7, 11) is 6.76. The fraction of sp³-hybridized carbons (Fsp3) is 0.579. The maximum Gasteiger partial charge on any atom is 0.220 e. The average molecular weight is 490 g/mol. The number of methoxy groups -OCH3 is 2. The molecule has 1 aliphatic rings. The number of halogens is 1. The van der Waals surface area contributed by atoms with Crippen LogP contribution in [0.3, 0.4) is 0 Å². The van der Waals surface area contributed by atoms with E-state index >= 15 is 0 Å². The van der Waals surface area contributed by atoms with E-state index in [4.69, 9.17) is 9.47 Å². The van der Waals surface area contributed by atoms with Gasteiger partial charge in [0.1, 0.15) is 0 Å². The van der Waals surface area contributed by atoms with Crippen molar-refractivity contribution in [2.45, 2.75) is 25.8 Å². The molecular weight excluding hydrogens is 459 g/mol. The van der Waals surface area contributed by atoms with Gasteiger partial charge in [-0.2, -0.15) is 0 Å². The zero-order chi connectivity index (χ0) is 18.9. The van der Waals surface area contributed by atoms with Gasteiger partial charge in [-0.25, -0.2) is 0 Å². The second-order valence-electron chi connectivity index (χ2n) is 6.40. The van der Waals surface area contributed by atoms with Crippen LogP contribution in [0.15, 0.2) is 23.2 Å². The Morgan fingerprint density at radius 2 is 1.89 bits per heavy atom. The highest BCUT2D eigenvalue weighted by atomic mass is 127. The van der Waals surface area contributed by atoms with E-state index in [1.54, 1.807) is 28.3 Å². The quantitative estimate of drug-likeness (QED) is 0.364. The van der Waals surface area contributed by atoms with Gasteiger partial charge in [0, 0.05) is 40.2 Å². The standard InChI is InChI=1S/C19H30N4O3.HI/c1-20-18(24)12-14-7-9-23(10-8-14)19(21-2)22-13-15-5-6-16(25-3)17(11-15)26-4;/h5-6,11,14H,7-10,12-13H2,1-4H3,(H,20,24)(H,21,22);1H. The van der Waals surface area contributed by atoms with Crippen molar-refractivity contribution in [1.82, 2.24) is 15.5 Å². The number of guanidine groups is 1. The summed E-state index contributed by atoms with van der Waals surface area (Å²) in [5.74, 6) is 2.91. The first-order chi connectivity index (χ1) is 12.6. The summed E-state index contributed by atoms with van der Waals surface area (Å²) in [4.78, 5) is 18.2. The topological polar surface area (TPSA) is 75.2 Å². The van der Waals surface area contributed by atoms with Gasteiger partial charge in [0.15, 0.2) is 17.5 Å². The zero-order valence-corrected chi connectivity index (χ0v) is 18.9. The number of likely N-dealkylation sites (tertiary alicyclic amines) is 1. The number of rotatable bonds is 6. The third-order valence-electron chi connectivity index (χ3n) is 4.78. The molecule has 1 aromatic carbocycles. The minimum Gasteiger partial charge on any atom is -0.493 e. The molecule has 1 amide bonds. The Morgan fingerprint density at radius 1 is 1.22 bits per heavy atom. The number of nitrogens with one attached hydrogen (secondary N) is 2. The molecule has 2 rings (SSSR count). The van der Waals surface area contributed by atoms with Gasteiger partial charge in [-0.15, -0.1) is 24.0 Å². The van der Waals surface area contributed by atoms with Crippen molar-refractivity contribution in [2.75, 3.05) is 41.4 Å². The Balaban J connectivity index is 0.00000364. The molecule has 0 aromatic heterocycles. The molecule has 7 nitrogen and oxygen atoms in total. The molecule has 0 spiro atoms. The van der Waals surface area contributed by atoms with Crippen molar-refractivity contribution in [3.05, 3.63) is 23.8 Å². The molecule has 8 heteroatoms. The van der Waals surface area contributed by atoms with Crippen LogP contribution in [0.1, 0.15) is 24.8 Å². The molecule has 0 radical (unpaired) electrons. The molecule has 2 N–H and O–H groups in total. The summed E-state index contributed by atoms with van der Waals surface area (Å²) in [6.07, 6.45) is 2.62. The molecule has 1 heterocycles. The third kappa shape index (κ3) is 6.75. The van der Waals surface area contributed by atoms with Crippen LogP contribution in [0.5, 0.6) is 11.5 Å². The van der Waals surface area contributed by atoms with E-state index < -0.39 is 0 Å². The lowest BCUT2D eigenvalue weighted by Gasteiger charge is -2.34. The first-order valence-electron chi connectivity index (χ1n) is 8.98. The van der Waals surface area contributed by atoms with Crippen LogP contribution in [-0.4, -0.2) is 58.2 Å². The van der Waals surface area contributed by atoms with E-state index in [-0.39, 0.29) is 29.9 Å². The van der Waals surface area contributed by atoms with E-state index in [2.05, 4.69) is 20.5 Å². The second-order valence-corrected chi connectivity index (χ2v) is 6.40. The highest BCUT2D eigenvalue weighted by Gasteiger charge is 2.23. The Bertz CT molecular complexity index is 631. The number of hydrogen-bond donors (Lipinski definition) is 2. The van der Waals surface area contributed by atoms with Crippen LogP contribution in [0.2, 0.25) is 0 Å². The molecule has 1 saturated heterocycles. The Kier molecular flexibility index (Phi) is 10.3. The predicted octanol–water partition coefficient (Wildman–Crippen LogP) is 2.25. The summed E-state index contributed by atoms with van der Waals surface area (Å²) in [5, 5.41) is 6.12. The molecule has 0 atom stereocenters. The van der Waals surface area contributed by atoms with Crippen LogP contribution < -0.4 is 20.1 Å². The number of nitrogens with zero attached hydrogens (tertiary/aromatic N) is 2. The van der Waals surface area contributed by atoms with Gasteiger partial charge in [-0.1, -0.05) is 6.07 Å². The molecule has 0 saturated carbocycles. The number of hydrogen-bond acceptors (Lipinski definition) is 4. The maximum absolute atomic E-state index is 11.5. The molecule has 1 aliphatic heterocycles. The summed E-state index contributed by atoms with van der Waals surface area (Å²) >= 11 is 0. The molecule has 0 unspecified atom stereocenters. The number of carbonyl (C=O) groups excluding carboxylic acids is 1. The normalized spacial score (nSPS) is 15.0. The van der Waals surface area contributed by atoms with Gasteiger partial charge >= 0.3 is 0 Å². The minimum absolute atomic E-state index is 0. The largest absolute Gasteiger partial charge is 0.493 e. The molecule has 0 aliphatic carbocycles. The van der Waals surface area contributed by atoms with Crippen LogP contribution >= 0.6 is 24.0 Å². The fourth-order valence-electron chi connectivity index (χ4n) is 3.22. The SMILES string of the molecule is CN=C(NCc1ccc(OC)c(OC)c1)N1CCC(CC(=O)NC)CC1.I. The zero-order valence-electron chi connectivity index (χ0n) is 16.6. The van der Waals surface area contributed by atoms with Crippen LogP contribution in [0, 0.1) is 5.92 Å². The second kappa shape index (κ2) is 11.9. The minimum atomic E-state index is 0. The number of piperidine rings is 1. The van der Waals surface area contributed by atoms with Gasteiger partial charge in [0.25, 0.3) is 0 Å². The Hall–Kier alpha value is -1.71. The number of amides is 1. The van der Waals surface area contributed by atoms with Crippen molar-refractivity contribution in [3.8, 4) is 11.5 Å². The van der Waals surface area contributed by atoms with E-state index in [1.807, 2.05) is 18.2 Å². The van der Waals surface area contributed by atoms with Crippen LogP contribution in [-0.2, 0) is 11.3 Å². The van der Waals surface area contributed by atoms with E-state index in [0.29, 0.717) is 18.9 Å². The highest BCUT2D eigenvalue weighted by Crippen LogP contribution is 2.27. The summed E-state index contributed by atoms with van der Waals surface area (Å²) in [6, 6.07) is 5.88. The van der Waals surface area contributed by atoms with Crippen molar-refractivity contribution in [3.63, 3.8) is 0 Å². The summed E-state index contributed by atoms with van der Waals surface area (Å²) in [6.45, 7) is 2.48. The van der Waals surface area contributed by atoms with Crippen molar-refractivity contribution >= 4 is 35.8 Å². The Morgan fingerprint density at radius 3 is 2.44 bits per heavy atom. The number of carbonyl (C=O) groups is 1. The molecule has 1 aromatic rings. The molecular formula is C19H31IN4O3. The molecule has 0 bridgehead atoms. The van der Waals surface area contributed by atoms with E-state index in [1.165, 1.54) is 0 Å². The fourth-order valence-corrected chi connectivity index (χ4v) is 3.22. The highest BCUT2D eigenvalue weighted by molar-refractivity contribution is 14.0. The lowest BCUT2D eigenvalue weighted by Crippen LogP contribution is -2.45. The van der Waals surface area contributed by atoms with Gasteiger partial charge in [0.05, 0.1) is 14.2 Å². The monoisotopic (exact) mass is 490 g/mol. The maximum atomic E-state index is 11.5. The Labute approximate surface area is 178 Å². The van der Waals surface area contributed by atoms with Crippen molar-refractivity contribution in [2.24, 2.45) is 10.9 Å². The number of ether oxygens (including phenoxy) is 2. The van der Waals surface area contributed by atoms with Gasteiger partial charge in [0.2, 0.25) is 5.91 Å². The van der Waals surface area contributed by atoms with E-state index in [9.17, 15) is 4.79 Å². The first kappa shape index (κ1) is 23.3. The summed E-state index contributed by atoms with van der Waals surface area (Å²) < 4.78 is 10.6. The van der Waals surface area contributed by atoms with Gasteiger partial charge in [-0.3, -0.25) is 9.79 Å².